The highest BCUT2D eigenvalue weighted by Gasteiger charge is 2.10. The number of nitrogens with two attached hydrogens (primary N) is 1. The summed E-state index contributed by atoms with van der Waals surface area (Å²) in [4.78, 5) is 15.8. The molecular weight excluding hydrogens is 262 g/mol. The number of amides is 1. The number of nitrogens with one attached hydrogen (secondary N) is 1. The van der Waals surface area contributed by atoms with E-state index in [4.69, 9.17) is 5.73 Å². The Morgan fingerprint density at radius 3 is 2.24 bits per heavy atom. The lowest BCUT2D eigenvalue weighted by Gasteiger charge is -2.14. The highest BCUT2D eigenvalue weighted by Crippen LogP contribution is 2.17. The number of carbonyl (C=O) groups is 1. The van der Waals surface area contributed by atoms with Crippen molar-refractivity contribution in [1.29, 1.82) is 0 Å². The highest BCUT2D eigenvalue weighted by atomic mass is 16.1. The van der Waals surface area contributed by atoms with Crippen molar-refractivity contribution in [2.24, 2.45) is 5.73 Å². The lowest BCUT2D eigenvalue weighted by atomic mass is 9.99. The van der Waals surface area contributed by atoms with E-state index < -0.39 is 0 Å². The summed E-state index contributed by atoms with van der Waals surface area (Å²) in [5.41, 5.74) is 9.02. The molecule has 1 atom stereocenters. The van der Waals surface area contributed by atoms with Crippen LogP contribution >= 0.6 is 0 Å². The van der Waals surface area contributed by atoms with Crippen LogP contribution in [0.5, 0.6) is 0 Å². The fraction of sp³-hybridized carbons (Fsp3) is 0.294. The summed E-state index contributed by atoms with van der Waals surface area (Å²) >= 11 is 0. The molecule has 1 aromatic carbocycles. The number of carbonyl (C=O) groups excluding carboxylic acids is 1. The van der Waals surface area contributed by atoms with E-state index in [1.165, 1.54) is 5.56 Å². The van der Waals surface area contributed by atoms with Crippen LogP contribution < -0.4 is 11.1 Å². The Morgan fingerprint density at radius 1 is 1.10 bits per heavy atom. The number of benzene rings is 1. The van der Waals surface area contributed by atoms with Gasteiger partial charge in [-0.2, -0.15) is 0 Å². The molecular formula is C17H21N3O. The molecule has 1 unspecified atom stereocenters. The zero-order valence-corrected chi connectivity index (χ0v) is 12.4. The summed E-state index contributed by atoms with van der Waals surface area (Å²) in [6, 6.07) is 11.4. The monoisotopic (exact) mass is 283 g/mol. The minimum atomic E-state index is -0.211. The number of rotatable bonds is 5. The van der Waals surface area contributed by atoms with Crippen LogP contribution in [0.15, 0.2) is 48.8 Å². The second-order valence-corrected chi connectivity index (χ2v) is 5.37. The van der Waals surface area contributed by atoms with Crippen LogP contribution in [-0.2, 0) is 0 Å². The second kappa shape index (κ2) is 6.99. The van der Waals surface area contributed by atoms with Gasteiger partial charge in [0.15, 0.2) is 0 Å². The number of nitrogens with zero attached hydrogens (tertiary/aromatic N) is 1. The van der Waals surface area contributed by atoms with Gasteiger partial charge in [-0.3, -0.25) is 9.78 Å². The Labute approximate surface area is 125 Å². The van der Waals surface area contributed by atoms with Crippen LogP contribution in [0.4, 0.5) is 0 Å². The SMILES string of the molecule is CC(C)c1ccc(C(N)CNC(=O)c2ccncc2)cc1. The minimum Gasteiger partial charge on any atom is -0.350 e. The van der Waals surface area contributed by atoms with Gasteiger partial charge in [-0.05, 0) is 29.2 Å². The van der Waals surface area contributed by atoms with E-state index in [2.05, 4.69) is 36.3 Å². The van der Waals surface area contributed by atoms with Crippen LogP contribution in [0.1, 0.15) is 47.3 Å². The molecule has 0 radical (unpaired) electrons. The van der Waals surface area contributed by atoms with Gasteiger partial charge in [-0.15, -0.1) is 0 Å². The Kier molecular flexibility index (Phi) is 5.06. The zero-order valence-electron chi connectivity index (χ0n) is 12.4. The third-order valence-electron chi connectivity index (χ3n) is 3.46. The maximum atomic E-state index is 11.9. The van der Waals surface area contributed by atoms with E-state index in [-0.39, 0.29) is 11.9 Å². The van der Waals surface area contributed by atoms with Crippen molar-refractivity contribution in [2.75, 3.05) is 6.54 Å². The summed E-state index contributed by atoms with van der Waals surface area (Å²) in [6.07, 6.45) is 3.19. The molecule has 0 fully saturated rings. The molecule has 4 heteroatoms. The third-order valence-corrected chi connectivity index (χ3v) is 3.46. The van der Waals surface area contributed by atoms with E-state index in [0.29, 0.717) is 18.0 Å². The quantitative estimate of drug-likeness (QED) is 0.886. The molecule has 1 aromatic heterocycles. The largest absolute Gasteiger partial charge is 0.350 e. The Hall–Kier alpha value is -2.20. The molecule has 2 rings (SSSR count). The average Bonchev–Trinajstić information content (AvgIpc) is 2.53. The topological polar surface area (TPSA) is 68.0 Å². The van der Waals surface area contributed by atoms with Crippen LogP contribution in [0, 0.1) is 0 Å². The van der Waals surface area contributed by atoms with Gasteiger partial charge >= 0.3 is 0 Å². The molecule has 0 aliphatic rings. The summed E-state index contributed by atoms with van der Waals surface area (Å²) in [6.45, 7) is 4.72. The summed E-state index contributed by atoms with van der Waals surface area (Å²) in [7, 11) is 0. The van der Waals surface area contributed by atoms with Crippen LogP contribution in [-0.4, -0.2) is 17.4 Å². The van der Waals surface area contributed by atoms with Gasteiger partial charge < -0.3 is 11.1 Å². The molecule has 1 amide bonds. The van der Waals surface area contributed by atoms with E-state index >= 15 is 0 Å². The summed E-state index contributed by atoms with van der Waals surface area (Å²) < 4.78 is 0. The van der Waals surface area contributed by atoms with Gasteiger partial charge in [0.05, 0.1) is 0 Å². The molecule has 0 aliphatic carbocycles. The summed E-state index contributed by atoms with van der Waals surface area (Å²) in [5, 5.41) is 2.84. The van der Waals surface area contributed by atoms with Crippen molar-refractivity contribution in [3.05, 3.63) is 65.5 Å². The van der Waals surface area contributed by atoms with Crippen molar-refractivity contribution in [3.8, 4) is 0 Å². The van der Waals surface area contributed by atoms with Gasteiger partial charge in [0.2, 0.25) is 0 Å². The molecule has 2 aromatic rings. The number of hydrogen-bond acceptors (Lipinski definition) is 3. The third kappa shape index (κ3) is 4.13. The standard InChI is InChI=1S/C17H21N3O/c1-12(2)13-3-5-14(6-4-13)16(18)11-20-17(21)15-7-9-19-10-8-15/h3-10,12,16H,11,18H2,1-2H3,(H,20,21). The second-order valence-electron chi connectivity index (χ2n) is 5.37. The number of pyridine rings is 1. The first-order valence-electron chi connectivity index (χ1n) is 7.11. The molecule has 0 spiro atoms. The molecule has 21 heavy (non-hydrogen) atoms. The molecule has 110 valence electrons. The van der Waals surface area contributed by atoms with Crippen molar-refractivity contribution in [1.82, 2.24) is 10.3 Å². The molecule has 0 bridgehead atoms. The van der Waals surface area contributed by atoms with Gasteiger partial charge in [-0.1, -0.05) is 38.1 Å². The predicted octanol–water partition coefficient (Wildman–Crippen LogP) is 2.63. The van der Waals surface area contributed by atoms with E-state index in [0.717, 1.165) is 5.56 Å². The zero-order chi connectivity index (χ0) is 15.2. The van der Waals surface area contributed by atoms with Crippen molar-refractivity contribution < 1.29 is 4.79 Å². The maximum Gasteiger partial charge on any atom is 0.251 e. The highest BCUT2D eigenvalue weighted by molar-refractivity contribution is 5.93. The molecule has 0 saturated heterocycles. The van der Waals surface area contributed by atoms with Crippen LogP contribution in [0.3, 0.4) is 0 Å². The van der Waals surface area contributed by atoms with E-state index in [1.54, 1.807) is 24.5 Å². The average molecular weight is 283 g/mol. The van der Waals surface area contributed by atoms with Gasteiger partial charge in [0.1, 0.15) is 0 Å². The Bertz CT molecular complexity index is 579. The molecule has 0 saturated carbocycles. The van der Waals surface area contributed by atoms with Gasteiger partial charge in [-0.25, -0.2) is 0 Å². The molecule has 4 nitrogen and oxygen atoms in total. The number of aromatic nitrogens is 1. The number of hydrogen-bond donors (Lipinski definition) is 2. The van der Waals surface area contributed by atoms with Crippen molar-refractivity contribution in [2.45, 2.75) is 25.8 Å². The van der Waals surface area contributed by atoms with Crippen molar-refractivity contribution in [3.63, 3.8) is 0 Å². The fourth-order valence-corrected chi connectivity index (χ4v) is 2.05. The first kappa shape index (κ1) is 15.2. The van der Waals surface area contributed by atoms with Crippen LogP contribution in [0.25, 0.3) is 0 Å². The maximum absolute atomic E-state index is 11.9. The fourth-order valence-electron chi connectivity index (χ4n) is 2.05. The lowest BCUT2D eigenvalue weighted by Crippen LogP contribution is -2.31. The van der Waals surface area contributed by atoms with E-state index in [9.17, 15) is 4.79 Å². The predicted molar refractivity (Wildman–Crippen MR) is 84.0 cm³/mol. The van der Waals surface area contributed by atoms with Gasteiger partial charge in [0, 0.05) is 30.5 Å². The normalized spacial score (nSPS) is 12.2. The first-order chi connectivity index (χ1) is 10.1. The molecule has 0 aliphatic heterocycles. The Morgan fingerprint density at radius 2 is 1.67 bits per heavy atom. The summed E-state index contributed by atoms with van der Waals surface area (Å²) in [5.74, 6) is 0.369. The van der Waals surface area contributed by atoms with Crippen molar-refractivity contribution >= 4 is 5.91 Å². The van der Waals surface area contributed by atoms with Crippen LogP contribution in [0.2, 0.25) is 0 Å². The lowest BCUT2D eigenvalue weighted by molar-refractivity contribution is 0.0951. The first-order valence-corrected chi connectivity index (χ1v) is 7.11. The Balaban J connectivity index is 1.92. The molecule has 3 N–H and O–H groups in total. The smallest absolute Gasteiger partial charge is 0.251 e. The molecule has 1 heterocycles. The van der Waals surface area contributed by atoms with Gasteiger partial charge in [0.25, 0.3) is 5.91 Å². The minimum absolute atomic E-state index is 0.133. The van der Waals surface area contributed by atoms with E-state index in [1.807, 2.05) is 12.1 Å².